The molecule has 1 aromatic carbocycles. The van der Waals surface area contributed by atoms with E-state index < -0.39 is 6.23 Å². The quantitative estimate of drug-likeness (QED) is 0.411. The van der Waals surface area contributed by atoms with E-state index in [4.69, 9.17) is 10.7 Å². The average molecular weight is 379 g/mol. The minimum Gasteiger partial charge on any atom is -0.374 e. The molecule has 146 valence electrons. The summed E-state index contributed by atoms with van der Waals surface area (Å²) < 4.78 is 0. The molecular formula is C20H25N7O. The summed E-state index contributed by atoms with van der Waals surface area (Å²) in [6, 6.07) is 8.36. The van der Waals surface area contributed by atoms with Crippen LogP contribution in [0, 0.1) is 0 Å². The maximum Gasteiger partial charge on any atom is 0.140 e. The number of pyridine rings is 1. The third-order valence-corrected chi connectivity index (χ3v) is 5.76. The predicted octanol–water partition coefficient (Wildman–Crippen LogP) is 2.48. The van der Waals surface area contributed by atoms with Crippen molar-refractivity contribution in [2.75, 3.05) is 10.6 Å². The SMILES string of the molecule is NC1CCCCC1Nc1cc2c(c(Nc3ccc4cn[nH]c4c3)n1)C(O)NC2. The molecule has 0 bridgehead atoms. The van der Waals surface area contributed by atoms with Crippen LogP contribution in [-0.2, 0) is 6.54 Å². The lowest BCUT2D eigenvalue weighted by Crippen LogP contribution is -2.42. The fourth-order valence-corrected chi connectivity index (χ4v) is 4.22. The van der Waals surface area contributed by atoms with E-state index in [0.29, 0.717) is 12.4 Å². The van der Waals surface area contributed by atoms with E-state index in [0.717, 1.165) is 46.4 Å². The molecule has 1 fully saturated rings. The maximum absolute atomic E-state index is 10.4. The van der Waals surface area contributed by atoms with Crippen LogP contribution in [0.3, 0.4) is 0 Å². The van der Waals surface area contributed by atoms with Gasteiger partial charge in [0.15, 0.2) is 0 Å². The lowest BCUT2D eigenvalue weighted by Gasteiger charge is -2.30. The van der Waals surface area contributed by atoms with E-state index in [1.165, 1.54) is 12.8 Å². The molecule has 3 unspecified atom stereocenters. The number of aliphatic hydroxyl groups is 1. The Morgan fingerprint density at radius 3 is 2.96 bits per heavy atom. The highest BCUT2D eigenvalue weighted by Gasteiger charge is 2.27. The van der Waals surface area contributed by atoms with Crippen LogP contribution in [0.4, 0.5) is 17.3 Å². The number of fused-ring (bicyclic) bond motifs is 2. The van der Waals surface area contributed by atoms with Crippen molar-refractivity contribution in [1.29, 1.82) is 0 Å². The highest BCUT2D eigenvalue weighted by Crippen LogP contribution is 2.34. The molecule has 0 spiro atoms. The lowest BCUT2D eigenvalue weighted by atomic mass is 9.91. The number of aromatic amines is 1. The van der Waals surface area contributed by atoms with Gasteiger partial charge >= 0.3 is 0 Å². The van der Waals surface area contributed by atoms with Gasteiger partial charge in [-0.2, -0.15) is 5.10 Å². The first kappa shape index (κ1) is 17.4. The van der Waals surface area contributed by atoms with Crippen molar-refractivity contribution in [3.05, 3.63) is 41.6 Å². The minimum absolute atomic E-state index is 0.145. The Morgan fingerprint density at radius 1 is 1.18 bits per heavy atom. The fourth-order valence-electron chi connectivity index (χ4n) is 4.22. The van der Waals surface area contributed by atoms with Crippen molar-refractivity contribution in [3.8, 4) is 0 Å². The molecule has 1 aliphatic carbocycles. The van der Waals surface area contributed by atoms with Crippen LogP contribution in [-0.4, -0.2) is 32.4 Å². The number of benzene rings is 1. The Kier molecular flexibility index (Phi) is 4.38. The second-order valence-corrected chi connectivity index (χ2v) is 7.71. The van der Waals surface area contributed by atoms with Crippen molar-refractivity contribution in [1.82, 2.24) is 20.5 Å². The summed E-state index contributed by atoms with van der Waals surface area (Å²) in [5.41, 5.74) is 9.97. The highest BCUT2D eigenvalue weighted by atomic mass is 16.3. The van der Waals surface area contributed by atoms with Gasteiger partial charge in [-0.1, -0.05) is 12.8 Å². The van der Waals surface area contributed by atoms with Gasteiger partial charge in [0.05, 0.1) is 11.7 Å². The topological polar surface area (TPSA) is 124 Å². The molecule has 0 radical (unpaired) electrons. The van der Waals surface area contributed by atoms with Crippen molar-refractivity contribution >= 4 is 28.2 Å². The molecule has 1 aliphatic heterocycles. The smallest absolute Gasteiger partial charge is 0.140 e. The predicted molar refractivity (Wildman–Crippen MR) is 109 cm³/mol. The van der Waals surface area contributed by atoms with Crippen LogP contribution >= 0.6 is 0 Å². The van der Waals surface area contributed by atoms with Gasteiger partial charge in [-0.15, -0.1) is 0 Å². The second-order valence-electron chi connectivity index (χ2n) is 7.71. The van der Waals surface area contributed by atoms with Gasteiger partial charge in [0.1, 0.15) is 17.9 Å². The molecule has 0 amide bonds. The summed E-state index contributed by atoms with van der Waals surface area (Å²) in [5.74, 6) is 1.45. The molecular weight excluding hydrogens is 354 g/mol. The largest absolute Gasteiger partial charge is 0.374 e. The third kappa shape index (κ3) is 3.19. The van der Waals surface area contributed by atoms with Crippen LogP contribution in [0.25, 0.3) is 10.9 Å². The monoisotopic (exact) mass is 379 g/mol. The number of nitrogens with zero attached hydrogens (tertiary/aromatic N) is 2. The minimum atomic E-state index is -0.730. The number of anilines is 3. The zero-order chi connectivity index (χ0) is 19.1. The van der Waals surface area contributed by atoms with E-state index >= 15 is 0 Å². The van der Waals surface area contributed by atoms with Gasteiger partial charge in [0, 0.05) is 35.3 Å². The van der Waals surface area contributed by atoms with Crippen molar-refractivity contribution in [2.45, 2.75) is 50.5 Å². The zero-order valence-electron chi connectivity index (χ0n) is 15.6. The van der Waals surface area contributed by atoms with Gasteiger partial charge in [-0.25, -0.2) is 4.98 Å². The number of aromatic nitrogens is 3. The second kappa shape index (κ2) is 7.05. The standard InChI is InChI=1S/C20H25N7O/c21-14-3-1-2-4-15(14)25-17-7-12-9-22-20(28)18(12)19(26-17)24-13-6-5-11-10-23-27-16(11)8-13/h5-8,10,14-15,20,22,28H,1-4,9,21H2,(H,23,27)(H2,24,25,26). The van der Waals surface area contributed by atoms with Gasteiger partial charge in [-0.3, -0.25) is 10.4 Å². The molecule has 0 saturated heterocycles. The molecule has 2 aliphatic rings. The molecule has 8 heteroatoms. The van der Waals surface area contributed by atoms with Crippen LogP contribution in [0.15, 0.2) is 30.5 Å². The Balaban J connectivity index is 1.47. The third-order valence-electron chi connectivity index (χ3n) is 5.76. The fraction of sp³-hybridized carbons (Fsp3) is 0.400. The normalized spacial score (nSPS) is 24.3. The number of nitrogens with two attached hydrogens (primary N) is 1. The molecule has 2 aromatic heterocycles. The number of aliphatic hydroxyl groups excluding tert-OH is 1. The molecule has 3 aromatic rings. The summed E-state index contributed by atoms with van der Waals surface area (Å²) >= 11 is 0. The summed E-state index contributed by atoms with van der Waals surface area (Å²) in [6.07, 6.45) is 5.53. The molecule has 28 heavy (non-hydrogen) atoms. The van der Waals surface area contributed by atoms with Crippen molar-refractivity contribution in [3.63, 3.8) is 0 Å². The first-order valence-electron chi connectivity index (χ1n) is 9.85. The Bertz CT molecular complexity index is 1000. The summed E-state index contributed by atoms with van der Waals surface area (Å²) in [4.78, 5) is 4.78. The molecule has 3 heterocycles. The van der Waals surface area contributed by atoms with E-state index in [9.17, 15) is 5.11 Å². The summed E-state index contributed by atoms with van der Waals surface area (Å²) in [7, 11) is 0. The summed E-state index contributed by atoms with van der Waals surface area (Å²) in [5, 5.41) is 28.5. The van der Waals surface area contributed by atoms with Gasteiger partial charge in [-0.05, 0) is 42.7 Å². The van der Waals surface area contributed by atoms with Gasteiger partial charge in [0.25, 0.3) is 0 Å². The Morgan fingerprint density at radius 2 is 2.07 bits per heavy atom. The van der Waals surface area contributed by atoms with Crippen LogP contribution in [0.1, 0.15) is 43.0 Å². The van der Waals surface area contributed by atoms with E-state index in [2.05, 4.69) is 26.1 Å². The van der Waals surface area contributed by atoms with Crippen molar-refractivity contribution < 1.29 is 5.11 Å². The van der Waals surface area contributed by atoms with Gasteiger partial charge < -0.3 is 21.5 Å². The number of H-pyrrole nitrogens is 1. The zero-order valence-corrected chi connectivity index (χ0v) is 15.6. The molecule has 3 atom stereocenters. The Hall–Kier alpha value is -2.68. The van der Waals surface area contributed by atoms with Crippen LogP contribution in [0.5, 0.6) is 0 Å². The number of hydrogen-bond donors (Lipinski definition) is 6. The average Bonchev–Trinajstić information content (AvgIpc) is 3.30. The molecule has 1 saturated carbocycles. The first-order valence-corrected chi connectivity index (χ1v) is 9.85. The summed E-state index contributed by atoms with van der Waals surface area (Å²) in [6.45, 7) is 0.610. The van der Waals surface area contributed by atoms with Crippen LogP contribution < -0.4 is 21.7 Å². The van der Waals surface area contributed by atoms with Crippen molar-refractivity contribution in [2.24, 2.45) is 5.73 Å². The van der Waals surface area contributed by atoms with Crippen LogP contribution in [0.2, 0.25) is 0 Å². The molecule has 7 N–H and O–H groups in total. The van der Waals surface area contributed by atoms with E-state index in [1.807, 2.05) is 24.3 Å². The van der Waals surface area contributed by atoms with E-state index in [1.54, 1.807) is 6.20 Å². The maximum atomic E-state index is 10.4. The first-order chi connectivity index (χ1) is 13.7. The number of rotatable bonds is 4. The highest BCUT2D eigenvalue weighted by molar-refractivity contribution is 5.82. The van der Waals surface area contributed by atoms with E-state index in [-0.39, 0.29) is 12.1 Å². The van der Waals surface area contributed by atoms with Gasteiger partial charge in [0.2, 0.25) is 0 Å². The Labute approximate surface area is 162 Å². The molecule has 5 rings (SSSR count). The molecule has 8 nitrogen and oxygen atoms in total. The number of nitrogens with one attached hydrogen (secondary N) is 4. The lowest BCUT2D eigenvalue weighted by molar-refractivity contribution is 0.152. The number of hydrogen-bond acceptors (Lipinski definition) is 7.